The van der Waals surface area contributed by atoms with Gasteiger partial charge < -0.3 is 15.2 Å². The summed E-state index contributed by atoms with van der Waals surface area (Å²) in [5.74, 6) is 0.648. The van der Waals surface area contributed by atoms with E-state index in [1.54, 1.807) is 21.0 Å². The molecule has 3 saturated heterocycles. The zero-order valence-electron chi connectivity index (χ0n) is 15.3. The van der Waals surface area contributed by atoms with Crippen LogP contribution in [0.2, 0.25) is 0 Å². The number of hydrogen-bond donors (Lipinski definition) is 2. The lowest BCUT2D eigenvalue weighted by atomic mass is 9.75. The van der Waals surface area contributed by atoms with Gasteiger partial charge in [-0.3, -0.25) is 14.4 Å². The van der Waals surface area contributed by atoms with Gasteiger partial charge in [-0.1, -0.05) is 5.21 Å². The summed E-state index contributed by atoms with van der Waals surface area (Å²) in [5, 5.41) is 21.2. The first-order chi connectivity index (χ1) is 11.9. The average molecular weight is 351 g/mol. The van der Waals surface area contributed by atoms with Gasteiger partial charge in [0.15, 0.2) is 0 Å². The van der Waals surface area contributed by atoms with E-state index in [2.05, 4.69) is 20.5 Å². The van der Waals surface area contributed by atoms with Gasteiger partial charge in [-0.25, -0.2) is 0 Å². The van der Waals surface area contributed by atoms with Gasteiger partial charge >= 0.3 is 0 Å². The number of aliphatic hydroxyl groups is 1. The van der Waals surface area contributed by atoms with Gasteiger partial charge in [-0.05, 0) is 39.2 Å². The molecule has 4 heterocycles. The second-order valence-electron chi connectivity index (χ2n) is 7.71. The molecule has 0 radical (unpaired) electrons. The maximum Gasteiger partial charge on any atom is 0.224 e. The number of amides is 1. The van der Waals surface area contributed by atoms with Crippen LogP contribution in [-0.4, -0.2) is 70.3 Å². The van der Waals surface area contributed by atoms with E-state index < -0.39 is 5.60 Å². The molecule has 4 atom stereocenters. The first-order valence-electron chi connectivity index (χ1n) is 9.02. The molecule has 140 valence electrons. The molecule has 4 rings (SSSR count). The largest absolute Gasteiger partial charge is 0.384 e. The Morgan fingerprint density at radius 1 is 1.52 bits per heavy atom. The van der Waals surface area contributed by atoms with Crippen molar-refractivity contribution < 1.29 is 14.6 Å². The van der Waals surface area contributed by atoms with E-state index in [1.807, 2.05) is 10.9 Å². The molecule has 3 fully saturated rings. The van der Waals surface area contributed by atoms with Crippen LogP contribution < -0.4 is 5.32 Å². The third kappa shape index (κ3) is 4.19. The van der Waals surface area contributed by atoms with Crippen LogP contribution in [0, 0.1) is 11.8 Å². The molecule has 2 bridgehead atoms. The molecule has 0 saturated carbocycles. The zero-order valence-corrected chi connectivity index (χ0v) is 15.3. The smallest absolute Gasteiger partial charge is 0.224 e. The van der Waals surface area contributed by atoms with Crippen molar-refractivity contribution in [2.24, 2.45) is 11.8 Å². The normalized spacial score (nSPS) is 29.0. The highest BCUT2D eigenvalue weighted by Crippen LogP contribution is 2.37. The lowest BCUT2D eigenvalue weighted by Crippen LogP contribution is -2.58. The molecule has 3 aliphatic heterocycles. The standard InChI is InChI=1S/C17H29N5O3/c1-17(2,24)15-11-22(20-19-15)9-13-8-12-4-6-21(13)10-14(12)16(23)18-5-7-25-3/h11-14,24H,4-10H2,1-3H3,(H,18,23)/t12?,13-,14+/m1/s1. The Kier molecular flexibility index (Phi) is 5.41. The minimum Gasteiger partial charge on any atom is -0.384 e. The Labute approximate surface area is 148 Å². The van der Waals surface area contributed by atoms with Crippen molar-refractivity contribution in [1.82, 2.24) is 25.2 Å². The summed E-state index contributed by atoms with van der Waals surface area (Å²) in [5.41, 5.74) is -0.394. The number of ether oxygens (including phenoxy) is 1. The van der Waals surface area contributed by atoms with E-state index in [9.17, 15) is 9.90 Å². The first kappa shape index (κ1) is 18.3. The van der Waals surface area contributed by atoms with Crippen LogP contribution in [0.5, 0.6) is 0 Å². The van der Waals surface area contributed by atoms with E-state index in [4.69, 9.17) is 4.74 Å². The zero-order chi connectivity index (χ0) is 18.0. The maximum absolute atomic E-state index is 12.4. The summed E-state index contributed by atoms with van der Waals surface area (Å²) >= 11 is 0. The van der Waals surface area contributed by atoms with Crippen LogP contribution in [0.25, 0.3) is 0 Å². The number of carbonyl (C=O) groups excluding carboxylic acids is 1. The molecule has 1 amide bonds. The number of piperidine rings is 3. The number of aromatic nitrogens is 3. The van der Waals surface area contributed by atoms with Gasteiger partial charge in [0.25, 0.3) is 0 Å². The van der Waals surface area contributed by atoms with Gasteiger partial charge in [0, 0.05) is 26.2 Å². The number of methoxy groups -OCH3 is 1. The number of nitrogens with one attached hydrogen (secondary N) is 1. The Morgan fingerprint density at radius 3 is 2.92 bits per heavy atom. The van der Waals surface area contributed by atoms with Crippen molar-refractivity contribution in [2.45, 2.75) is 44.9 Å². The lowest BCUT2D eigenvalue weighted by Gasteiger charge is -2.49. The van der Waals surface area contributed by atoms with Crippen molar-refractivity contribution in [3.8, 4) is 0 Å². The maximum atomic E-state index is 12.4. The van der Waals surface area contributed by atoms with Crippen LogP contribution >= 0.6 is 0 Å². The highest BCUT2D eigenvalue weighted by Gasteiger charge is 2.43. The highest BCUT2D eigenvalue weighted by atomic mass is 16.5. The number of carbonyl (C=O) groups is 1. The van der Waals surface area contributed by atoms with E-state index >= 15 is 0 Å². The molecule has 0 spiro atoms. The quantitative estimate of drug-likeness (QED) is 0.671. The third-order valence-electron chi connectivity index (χ3n) is 5.38. The third-order valence-corrected chi connectivity index (χ3v) is 5.38. The molecule has 1 aromatic rings. The van der Waals surface area contributed by atoms with Gasteiger partial charge in [0.05, 0.1) is 25.3 Å². The summed E-state index contributed by atoms with van der Waals surface area (Å²) in [6.45, 7) is 7.12. The summed E-state index contributed by atoms with van der Waals surface area (Å²) in [4.78, 5) is 14.8. The summed E-state index contributed by atoms with van der Waals surface area (Å²) in [7, 11) is 1.64. The van der Waals surface area contributed by atoms with Crippen molar-refractivity contribution in [3.05, 3.63) is 11.9 Å². The van der Waals surface area contributed by atoms with E-state index in [0.29, 0.717) is 30.8 Å². The topological polar surface area (TPSA) is 92.5 Å². The molecule has 0 aliphatic carbocycles. The number of fused-ring (bicyclic) bond motifs is 3. The Bertz CT molecular complexity index is 597. The summed E-state index contributed by atoms with van der Waals surface area (Å²) in [6, 6.07) is 0.373. The molecule has 8 heteroatoms. The Hall–Kier alpha value is -1.51. The molecule has 2 unspecified atom stereocenters. The molecule has 8 nitrogen and oxygen atoms in total. The minimum absolute atomic E-state index is 0.0736. The predicted octanol–water partition coefficient (Wildman–Crippen LogP) is -0.0215. The number of nitrogens with zero attached hydrogens (tertiary/aromatic N) is 4. The second-order valence-corrected chi connectivity index (χ2v) is 7.71. The van der Waals surface area contributed by atoms with E-state index in [1.165, 1.54) is 0 Å². The fourth-order valence-corrected chi connectivity index (χ4v) is 3.92. The fourth-order valence-electron chi connectivity index (χ4n) is 3.92. The van der Waals surface area contributed by atoms with E-state index in [-0.39, 0.29) is 11.8 Å². The molecular weight excluding hydrogens is 322 g/mol. The van der Waals surface area contributed by atoms with Gasteiger partial charge in [0.1, 0.15) is 11.3 Å². The Balaban J connectivity index is 1.57. The van der Waals surface area contributed by atoms with Crippen LogP contribution in [0.3, 0.4) is 0 Å². The van der Waals surface area contributed by atoms with Crippen LogP contribution in [0.15, 0.2) is 6.20 Å². The number of rotatable bonds is 7. The molecule has 0 aromatic carbocycles. The predicted molar refractivity (Wildman–Crippen MR) is 91.7 cm³/mol. The van der Waals surface area contributed by atoms with E-state index in [0.717, 1.165) is 32.5 Å². The van der Waals surface area contributed by atoms with Gasteiger partial charge in [-0.15, -0.1) is 5.10 Å². The molecule has 3 aliphatic rings. The summed E-state index contributed by atoms with van der Waals surface area (Å²) in [6.07, 6.45) is 3.89. The molecule has 25 heavy (non-hydrogen) atoms. The van der Waals surface area contributed by atoms with Crippen LogP contribution in [0.4, 0.5) is 0 Å². The number of hydrogen-bond acceptors (Lipinski definition) is 6. The van der Waals surface area contributed by atoms with Gasteiger partial charge in [-0.2, -0.15) is 0 Å². The van der Waals surface area contributed by atoms with Crippen molar-refractivity contribution in [1.29, 1.82) is 0 Å². The average Bonchev–Trinajstić information content (AvgIpc) is 3.04. The molecular formula is C17H29N5O3. The summed E-state index contributed by atoms with van der Waals surface area (Å²) < 4.78 is 6.80. The Morgan fingerprint density at radius 2 is 2.32 bits per heavy atom. The van der Waals surface area contributed by atoms with Gasteiger partial charge in [0.2, 0.25) is 5.91 Å². The van der Waals surface area contributed by atoms with Crippen LogP contribution in [-0.2, 0) is 21.7 Å². The first-order valence-corrected chi connectivity index (χ1v) is 9.02. The fraction of sp³-hybridized carbons (Fsp3) is 0.824. The SMILES string of the molecule is COCCNC(=O)[C@H]1CN2CCC1C[C@@H]2Cn1cc(C(C)(C)O)nn1. The van der Waals surface area contributed by atoms with Crippen LogP contribution in [0.1, 0.15) is 32.4 Å². The van der Waals surface area contributed by atoms with Crippen molar-refractivity contribution in [2.75, 3.05) is 33.4 Å². The monoisotopic (exact) mass is 351 g/mol. The molecule has 2 N–H and O–H groups in total. The minimum atomic E-state index is -0.977. The highest BCUT2D eigenvalue weighted by molar-refractivity contribution is 5.79. The van der Waals surface area contributed by atoms with Crippen molar-refractivity contribution in [3.63, 3.8) is 0 Å². The van der Waals surface area contributed by atoms with Crippen molar-refractivity contribution >= 4 is 5.91 Å². The second kappa shape index (κ2) is 7.39. The molecule has 1 aromatic heterocycles. The lowest BCUT2D eigenvalue weighted by molar-refractivity contribution is -0.133.